The molecule has 2 amide bonds. The number of benzene rings is 1. The van der Waals surface area contributed by atoms with E-state index in [1.54, 1.807) is 45.0 Å². The zero-order valence-electron chi connectivity index (χ0n) is 16.7. The maximum absolute atomic E-state index is 12.5. The molecule has 0 spiro atoms. The highest BCUT2D eigenvalue weighted by Gasteiger charge is 2.19. The number of aryl methyl sites for hydroxylation is 1. The van der Waals surface area contributed by atoms with Gasteiger partial charge in [-0.15, -0.1) is 0 Å². The first kappa shape index (κ1) is 21.4. The third-order valence-corrected chi connectivity index (χ3v) is 4.07. The van der Waals surface area contributed by atoms with Gasteiger partial charge < -0.3 is 20.4 Å². The van der Waals surface area contributed by atoms with E-state index in [2.05, 4.69) is 15.6 Å². The van der Waals surface area contributed by atoms with E-state index < -0.39 is 11.9 Å². The molecule has 0 saturated heterocycles. The maximum Gasteiger partial charge on any atom is 0.340 e. The quantitative estimate of drug-likeness (QED) is 0.394. The summed E-state index contributed by atoms with van der Waals surface area (Å²) in [4.78, 5) is 38.6. The van der Waals surface area contributed by atoms with Crippen LogP contribution in [0.5, 0.6) is 0 Å². The number of ether oxygens (including phenoxy) is 1. The minimum absolute atomic E-state index is 0.129. The van der Waals surface area contributed by atoms with Crippen molar-refractivity contribution in [3.63, 3.8) is 0 Å². The SMILES string of the molecule is CCOC(=O)c1c(C)[nH]c(/C=C(\C#N)C(=O)Nc2ccc(NC(C)=O)cc2)c1C. The summed E-state index contributed by atoms with van der Waals surface area (Å²) < 4.78 is 5.04. The van der Waals surface area contributed by atoms with Crippen molar-refractivity contribution in [1.82, 2.24) is 4.98 Å². The minimum Gasteiger partial charge on any atom is -0.462 e. The summed E-state index contributed by atoms with van der Waals surface area (Å²) in [6.45, 7) is 6.81. The highest BCUT2D eigenvalue weighted by molar-refractivity contribution is 6.10. The van der Waals surface area contributed by atoms with Gasteiger partial charge in [-0.3, -0.25) is 9.59 Å². The van der Waals surface area contributed by atoms with Crippen molar-refractivity contribution in [2.24, 2.45) is 0 Å². The third-order valence-electron chi connectivity index (χ3n) is 4.07. The number of aromatic amines is 1. The molecular formula is C21H22N4O4. The monoisotopic (exact) mass is 394 g/mol. The molecule has 0 saturated carbocycles. The Hall–Kier alpha value is -3.86. The van der Waals surface area contributed by atoms with Gasteiger partial charge in [0.2, 0.25) is 5.91 Å². The van der Waals surface area contributed by atoms with E-state index >= 15 is 0 Å². The predicted molar refractivity (Wildman–Crippen MR) is 109 cm³/mol. The van der Waals surface area contributed by atoms with E-state index in [1.807, 2.05) is 6.07 Å². The molecule has 0 aliphatic carbocycles. The molecule has 1 aromatic heterocycles. The van der Waals surface area contributed by atoms with Crippen molar-refractivity contribution in [3.8, 4) is 6.07 Å². The summed E-state index contributed by atoms with van der Waals surface area (Å²) in [6.07, 6.45) is 1.39. The van der Waals surface area contributed by atoms with Crippen LogP contribution >= 0.6 is 0 Å². The van der Waals surface area contributed by atoms with E-state index in [0.29, 0.717) is 33.9 Å². The number of hydrogen-bond donors (Lipinski definition) is 3. The predicted octanol–water partition coefficient (Wildman–Crippen LogP) is 3.31. The summed E-state index contributed by atoms with van der Waals surface area (Å²) >= 11 is 0. The molecule has 0 atom stereocenters. The topological polar surface area (TPSA) is 124 Å². The van der Waals surface area contributed by atoms with Crippen LogP contribution in [0.15, 0.2) is 29.8 Å². The molecule has 0 fully saturated rings. The van der Waals surface area contributed by atoms with Crippen LogP contribution in [0.3, 0.4) is 0 Å². The van der Waals surface area contributed by atoms with E-state index in [9.17, 15) is 19.6 Å². The van der Waals surface area contributed by atoms with Crippen molar-refractivity contribution < 1.29 is 19.1 Å². The highest BCUT2D eigenvalue weighted by Crippen LogP contribution is 2.22. The van der Waals surface area contributed by atoms with E-state index in [1.165, 1.54) is 13.0 Å². The zero-order chi connectivity index (χ0) is 21.6. The summed E-state index contributed by atoms with van der Waals surface area (Å²) in [5, 5.41) is 14.7. The summed E-state index contributed by atoms with van der Waals surface area (Å²) in [7, 11) is 0. The maximum atomic E-state index is 12.5. The third kappa shape index (κ3) is 5.32. The Morgan fingerprint density at radius 2 is 1.72 bits per heavy atom. The highest BCUT2D eigenvalue weighted by atomic mass is 16.5. The lowest BCUT2D eigenvalue weighted by molar-refractivity contribution is -0.114. The van der Waals surface area contributed by atoms with Crippen molar-refractivity contribution in [3.05, 3.63) is 52.4 Å². The molecule has 0 aliphatic heterocycles. The molecule has 29 heavy (non-hydrogen) atoms. The Balaban J connectivity index is 2.23. The average Bonchev–Trinajstić information content (AvgIpc) is 2.94. The molecule has 0 unspecified atom stereocenters. The van der Waals surface area contributed by atoms with Crippen LogP contribution in [-0.2, 0) is 14.3 Å². The van der Waals surface area contributed by atoms with Gasteiger partial charge in [0.05, 0.1) is 12.2 Å². The largest absolute Gasteiger partial charge is 0.462 e. The second kappa shape index (κ2) is 9.37. The number of nitrogens with one attached hydrogen (secondary N) is 3. The first-order chi connectivity index (χ1) is 13.8. The number of carbonyl (C=O) groups is 3. The average molecular weight is 394 g/mol. The van der Waals surface area contributed by atoms with Crippen molar-refractivity contribution in [1.29, 1.82) is 5.26 Å². The van der Waals surface area contributed by atoms with Crippen molar-refractivity contribution in [2.75, 3.05) is 17.2 Å². The van der Waals surface area contributed by atoms with Gasteiger partial charge in [0.25, 0.3) is 5.91 Å². The summed E-state index contributed by atoms with van der Waals surface area (Å²) in [6, 6.07) is 8.37. The van der Waals surface area contributed by atoms with Crippen LogP contribution in [0.1, 0.15) is 41.2 Å². The molecular weight excluding hydrogens is 372 g/mol. The molecule has 1 heterocycles. The fourth-order valence-corrected chi connectivity index (χ4v) is 2.76. The molecule has 1 aromatic carbocycles. The van der Waals surface area contributed by atoms with Crippen molar-refractivity contribution >= 4 is 35.2 Å². The Kier molecular flexibility index (Phi) is 6.93. The van der Waals surface area contributed by atoms with Gasteiger partial charge in [-0.25, -0.2) is 4.79 Å². The van der Waals surface area contributed by atoms with Gasteiger partial charge >= 0.3 is 5.97 Å². The Morgan fingerprint density at radius 1 is 1.14 bits per heavy atom. The van der Waals surface area contributed by atoms with Crippen LogP contribution < -0.4 is 10.6 Å². The molecule has 0 radical (unpaired) electrons. The zero-order valence-corrected chi connectivity index (χ0v) is 16.7. The Bertz CT molecular complexity index is 1010. The van der Waals surface area contributed by atoms with Gasteiger partial charge in [0, 0.05) is 29.7 Å². The number of esters is 1. The fourth-order valence-electron chi connectivity index (χ4n) is 2.76. The Morgan fingerprint density at radius 3 is 2.24 bits per heavy atom. The Labute approximate surface area is 168 Å². The van der Waals surface area contributed by atoms with Gasteiger partial charge in [-0.2, -0.15) is 5.26 Å². The van der Waals surface area contributed by atoms with Crippen LogP contribution in [0.2, 0.25) is 0 Å². The second-order valence-corrected chi connectivity index (χ2v) is 6.27. The van der Waals surface area contributed by atoms with Gasteiger partial charge in [0.15, 0.2) is 0 Å². The van der Waals surface area contributed by atoms with Gasteiger partial charge in [-0.05, 0) is 56.7 Å². The molecule has 2 aromatic rings. The number of nitrogens with zero attached hydrogens (tertiary/aromatic N) is 1. The van der Waals surface area contributed by atoms with E-state index in [-0.39, 0.29) is 18.1 Å². The normalized spacial score (nSPS) is 10.8. The molecule has 150 valence electrons. The van der Waals surface area contributed by atoms with Crippen LogP contribution in [0, 0.1) is 25.2 Å². The summed E-state index contributed by atoms with van der Waals surface area (Å²) in [5.74, 6) is -1.25. The lowest BCUT2D eigenvalue weighted by Gasteiger charge is -2.06. The number of anilines is 2. The van der Waals surface area contributed by atoms with Crippen molar-refractivity contribution in [2.45, 2.75) is 27.7 Å². The first-order valence-electron chi connectivity index (χ1n) is 8.93. The molecule has 0 aliphatic rings. The molecule has 2 rings (SSSR count). The number of aromatic nitrogens is 1. The summed E-state index contributed by atoms with van der Waals surface area (Å²) in [5.41, 5.74) is 3.00. The van der Waals surface area contributed by atoms with Gasteiger partial charge in [0.1, 0.15) is 11.6 Å². The fraction of sp³-hybridized carbons (Fsp3) is 0.238. The van der Waals surface area contributed by atoms with Gasteiger partial charge in [-0.1, -0.05) is 0 Å². The smallest absolute Gasteiger partial charge is 0.340 e. The number of H-pyrrole nitrogens is 1. The number of rotatable bonds is 6. The first-order valence-corrected chi connectivity index (χ1v) is 8.93. The van der Waals surface area contributed by atoms with Crippen LogP contribution in [0.4, 0.5) is 11.4 Å². The number of carbonyl (C=O) groups excluding carboxylic acids is 3. The molecule has 8 heteroatoms. The molecule has 8 nitrogen and oxygen atoms in total. The van der Waals surface area contributed by atoms with E-state index in [0.717, 1.165) is 0 Å². The minimum atomic E-state index is -0.593. The lowest BCUT2D eigenvalue weighted by Crippen LogP contribution is -2.13. The van der Waals surface area contributed by atoms with Crippen LogP contribution in [-0.4, -0.2) is 29.4 Å². The molecule has 3 N–H and O–H groups in total. The number of nitriles is 1. The van der Waals surface area contributed by atoms with E-state index in [4.69, 9.17) is 4.74 Å². The number of hydrogen-bond acceptors (Lipinski definition) is 5. The lowest BCUT2D eigenvalue weighted by atomic mass is 10.1. The van der Waals surface area contributed by atoms with Crippen LogP contribution in [0.25, 0.3) is 6.08 Å². The number of amides is 2. The molecule has 0 bridgehead atoms. The standard InChI is InChI=1S/C21H22N4O4/c1-5-29-21(28)19-12(2)18(23-13(19)3)10-15(11-22)20(27)25-17-8-6-16(7-9-17)24-14(4)26/h6-10,23H,5H2,1-4H3,(H,24,26)(H,25,27)/b15-10+. The second-order valence-electron chi connectivity index (χ2n) is 6.27.